The van der Waals surface area contributed by atoms with Crippen LogP contribution in [0.15, 0.2) is 78.5 Å². The Morgan fingerprint density at radius 1 is 0.824 bits per heavy atom. The number of methoxy groups -OCH3 is 2. The third-order valence-corrected chi connectivity index (χ3v) is 5.25. The van der Waals surface area contributed by atoms with Crippen LogP contribution >= 0.6 is 0 Å². The third kappa shape index (κ3) is 4.19. The van der Waals surface area contributed by atoms with Gasteiger partial charge in [0.25, 0.3) is 11.8 Å². The maximum atomic E-state index is 13.4. The normalized spacial score (nSPS) is 14.0. The molecule has 0 fully saturated rings. The zero-order chi connectivity index (χ0) is 24.5. The molecule has 0 radical (unpaired) electrons. The largest absolute Gasteiger partial charge is 0.497 e. The molecule has 1 heterocycles. The van der Waals surface area contributed by atoms with E-state index >= 15 is 0 Å². The number of carbonyl (C=O) groups excluding carboxylic acids is 2. The maximum absolute atomic E-state index is 13.4. The molecule has 4 rings (SSSR count). The lowest BCUT2D eigenvalue weighted by Gasteiger charge is -2.17. The highest BCUT2D eigenvalue weighted by Crippen LogP contribution is 2.38. The number of hydrogen-bond donors (Lipinski definition) is 1. The Hall–Kier alpha value is -4.27. The molecule has 174 valence electrons. The standard InChI is InChI=1S/C25H19F3N2O4/c1-33-18-11-12-19(20(14-18)34-2)29-22-21(15-7-4-3-5-8-15)23(31)30(24(22)32)17-10-6-9-16(13-17)25(26,27)28/h3-14,29H,1-2H3. The summed E-state index contributed by atoms with van der Waals surface area (Å²) in [6, 6.07) is 17.3. The van der Waals surface area contributed by atoms with Crippen LogP contribution in [0.1, 0.15) is 11.1 Å². The molecule has 1 N–H and O–H groups in total. The lowest BCUT2D eigenvalue weighted by Crippen LogP contribution is -2.32. The Morgan fingerprint density at radius 2 is 1.56 bits per heavy atom. The highest BCUT2D eigenvalue weighted by molar-refractivity contribution is 6.46. The Morgan fingerprint density at radius 3 is 2.21 bits per heavy atom. The summed E-state index contributed by atoms with van der Waals surface area (Å²) in [6.07, 6.45) is -4.63. The fourth-order valence-corrected chi connectivity index (χ4v) is 3.61. The van der Waals surface area contributed by atoms with Crippen LogP contribution in [0.2, 0.25) is 0 Å². The van der Waals surface area contributed by atoms with E-state index < -0.39 is 23.6 Å². The molecule has 0 saturated carbocycles. The quantitative estimate of drug-likeness (QED) is 0.509. The van der Waals surface area contributed by atoms with Gasteiger partial charge in [-0.05, 0) is 35.9 Å². The van der Waals surface area contributed by atoms with Crippen molar-refractivity contribution in [3.63, 3.8) is 0 Å². The fourth-order valence-electron chi connectivity index (χ4n) is 3.61. The van der Waals surface area contributed by atoms with E-state index in [0.717, 1.165) is 23.1 Å². The molecule has 6 nitrogen and oxygen atoms in total. The first-order chi connectivity index (χ1) is 16.2. The molecule has 2 amide bonds. The van der Waals surface area contributed by atoms with E-state index in [0.29, 0.717) is 22.7 Å². The molecular formula is C25H19F3N2O4. The molecule has 0 atom stereocenters. The van der Waals surface area contributed by atoms with Crippen LogP contribution in [0.3, 0.4) is 0 Å². The van der Waals surface area contributed by atoms with Crippen LogP contribution < -0.4 is 19.7 Å². The van der Waals surface area contributed by atoms with Gasteiger partial charge in [-0.25, -0.2) is 4.90 Å². The predicted molar refractivity (Wildman–Crippen MR) is 120 cm³/mol. The predicted octanol–water partition coefficient (Wildman–Crippen LogP) is 5.12. The Balaban J connectivity index is 1.82. The number of alkyl halides is 3. The number of halogens is 3. The van der Waals surface area contributed by atoms with Gasteiger partial charge in [0.15, 0.2) is 0 Å². The highest BCUT2D eigenvalue weighted by Gasteiger charge is 2.41. The van der Waals surface area contributed by atoms with Crippen LogP contribution in [0.5, 0.6) is 11.5 Å². The second-order valence-electron chi connectivity index (χ2n) is 7.30. The van der Waals surface area contributed by atoms with Gasteiger partial charge in [-0.1, -0.05) is 36.4 Å². The molecule has 1 aliphatic heterocycles. The first-order valence-electron chi connectivity index (χ1n) is 10.1. The van der Waals surface area contributed by atoms with Crippen molar-refractivity contribution in [1.29, 1.82) is 0 Å². The molecule has 0 unspecified atom stereocenters. The average molecular weight is 468 g/mol. The zero-order valence-electron chi connectivity index (χ0n) is 18.1. The van der Waals surface area contributed by atoms with E-state index in [1.165, 1.54) is 20.3 Å². The smallest absolute Gasteiger partial charge is 0.416 e. The number of anilines is 2. The van der Waals surface area contributed by atoms with Crippen molar-refractivity contribution in [1.82, 2.24) is 0 Å². The Bertz CT molecular complexity index is 1290. The molecule has 0 aliphatic carbocycles. The van der Waals surface area contributed by atoms with Gasteiger partial charge in [0, 0.05) is 6.07 Å². The third-order valence-electron chi connectivity index (χ3n) is 5.25. The molecule has 1 aliphatic rings. The number of amides is 2. The van der Waals surface area contributed by atoms with E-state index in [9.17, 15) is 22.8 Å². The van der Waals surface area contributed by atoms with Gasteiger partial charge < -0.3 is 14.8 Å². The fraction of sp³-hybridized carbons (Fsp3) is 0.120. The van der Waals surface area contributed by atoms with Gasteiger partial charge in [-0.2, -0.15) is 13.2 Å². The summed E-state index contributed by atoms with van der Waals surface area (Å²) in [4.78, 5) is 27.6. The van der Waals surface area contributed by atoms with Crippen molar-refractivity contribution in [2.45, 2.75) is 6.18 Å². The molecule has 0 saturated heterocycles. The molecule has 0 spiro atoms. The van der Waals surface area contributed by atoms with Crippen LogP contribution in [0.25, 0.3) is 5.57 Å². The number of nitrogens with zero attached hydrogens (tertiary/aromatic N) is 1. The number of nitrogens with one attached hydrogen (secondary N) is 1. The number of carbonyl (C=O) groups is 2. The summed E-state index contributed by atoms with van der Waals surface area (Å²) < 4.78 is 50.3. The number of hydrogen-bond acceptors (Lipinski definition) is 5. The average Bonchev–Trinajstić information content (AvgIpc) is 3.08. The number of ether oxygens (including phenoxy) is 2. The van der Waals surface area contributed by atoms with Crippen molar-refractivity contribution in [2.24, 2.45) is 0 Å². The summed E-state index contributed by atoms with van der Waals surface area (Å²) in [7, 11) is 2.92. The van der Waals surface area contributed by atoms with Crippen molar-refractivity contribution in [3.8, 4) is 11.5 Å². The SMILES string of the molecule is COc1ccc(NC2=C(c3ccccc3)C(=O)N(c3cccc(C(F)(F)F)c3)C2=O)c(OC)c1. The number of benzene rings is 3. The van der Waals surface area contributed by atoms with Crippen molar-refractivity contribution in [3.05, 3.63) is 89.6 Å². The molecule has 0 aromatic heterocycles. The molecule has 9 heteroatoms. The van der Waals surface area contributed by atoms with Crippen molar-refractivity contribution < 1.29 is 32.2 Å². The second-order valence-corrected chi connectivity index (χ2v) is 7.30. The van der Waals surface area contributed by atoms with Gasteiger partial charge in [-0.3, -0.25) is 9.59 Å². The summed E-state index contributed by atoms with van der Waals surface area (Å²) in [5.74, 6) is -0.678. The van der Waals surface area contributed by atoms with E-state index in [2.05, 4.69) is 5.32 Å². The van der Waals surface area contributed by atoms with Crippen LogP contribution in [-0.2, 0) is 15.8 Å². The highest BCUT2D eigenvalue weighted by atomic mass is 19.4. The second kappa shape index (κ2) is 8.93. The molecular weight excluding hydrogens is 449 g/mol. The van der Waals surface area contributed by atoms with Crippen molar-refractivity contribution in [2.75, 3.05) is 24.4 Å². The number of rotatable bonds is 6. The van der Waals surface area contributed by atoms with Gasteiger partial charge in [0.2, 0.25) is 0 Å². The van der Waals surface area contributed by atoms with E-state index in [4.69, 9.17) is 9.47 Å². The Labute approximate surface area is 193 Å². The Kier molecular flexibility index (Phi) is 6.02. The van der Waals surface area contributed by atoms with Gasteiger partial charge in [0.1, 0.15) is 17.2 Å². The van der Waals surface area contributed by atoms with E-state index in [-0.39, 0.29) is 17.0 Å². The summed E-state index contributed by atoms with van der Waals surface area (Å²) in [5.41, 5.74) is -0.399. The maximum Gasteiger partial charge on any atom is 0.416 e. The molecule has 0 bridgehead atoms. The minimum Gasteiger partial charge on any atom is -0.497 e. The minimum atomic E-state index is -4.63. The molecule has 34 heavy (non-hydrogen) atoms. The van der Waals surface area contributed by atoms with Crippen LogP contribution in [0.4, 0.5) is 24.5 Å². The zero-order valence-corrected chi connectivity index (χ0v) is 18.1. The lowest BCUT2D eigenvalue weighted by molar-refractivity contribution is -0.137. The van der Waals surface area contributed by atoms with E-state index in [1.807, 2.05) is 0 Å². The van der Waals surface area contributed by atoms with Crippen molar-refractivity contribution >= 4 is 28.8 Å². The monoisotopic (exact) mass is 468 g/mol. The first kappa shape index (κ1) is 22.9. The topological polar surface area (TPSA) is 67.9 Å². The van der Waals surface area contributed by atoms with Crippen LogP contribution in [0, 0.1) is 0 Å². The first-order valence-corrected chi connectivity index (χ1v) is 10.1. The minimum absolute atomic E-state index is 0.0286. The summed E-state index contributed by atoms with van der Waals surface area (Å²) in [6.45, 7) is 0. The van der Waals surface area contributed by atoms with E-state index in [1.54, 1.807) is 48.5 Å². The summed E-state index contributed by atoms with van der Waals surface area (Å²) in [5, 5.41) is 2.95. The van der Waals surface area contributed by atoms with Gasteiger partial charge in [0.05, 0.1) is 36.7 Å². The van der Waals surface area contributed by atoms with Gasteiger partial charge in [-0.15, -0.1) is 0 Å². The molecule has 3 aromatic carbocycles. The van der Waals surface area contributed by atoms with Crippen LogP contribution in [-0.4, -0.2) is 26.0 Å². The summed E-state index contributed by atoms with van der Waals surface area (Å²) >= 11 is 0. The molecule has 3 aromatic rings. The van der Waals surface area contributed by atoms with Gasteiger partial charge >= 0.3 is 6.18 Å². The number of imide groups is 1. The lowest BCUT2D eigenvalue weighted by atomic mass is 10.0.